The summed E-state index contributed by atoms with van der Waals surface area (Å²) in [5.74, 6) is 0. The summed E-state index contributed by atoms with van der Waals surface area (Å²) in [5.41, 5.74) is 23.8. The van der Waals surface area contributed by atoms with Crippen LogP contribution in [0.5, 0.6) is 0 Å². The first-order valence-electron chi connectivity index (χ1n) is 20.8. The highest BCUT2D eigenvalue weighted by atomic mass is 15.1. The lowest BCUT2D eigenvalue weighted by molar-refractivity contribution is 0.660. The molecule has 0 N–H and O–H groups in total. The minimum Gasteiger partial charge on any atom is -0.310 e. The molecule has 3 aliphatic carbocycles. The largest absolute Gasteiger partial charge is 0.310 e. The number of benzene rings is 9. The van der Waals surface area contributed by atoms with E-state index in [0.29, 0.717) is 0 Å². The van der Waals surface area contributed by atoms with E-state index in [4.69, 9.17) is 0 Å². The minimum atomic E-state index is -0.465. The molecule has 0 heterocycles. The fourth-order valence-electron chi connectivity index (χ4n) is 11.0. The van der Waals surface area contributed by atoms with E-state index in [-0.39, 0.29) is 5.41 Å². The molecule has 0 aliphatic heterocycles. The topological polar surface area (TPSA) is 3.24 Å². The molecule has 3 aliphatic rings. The lowest BCUT2D eigenvalue weighted by atomic mass is 9.70. The highest BCUT2D eigenvalue weighted by Crippen LogP contribution is 2.65. The molecule has 0 aromatic heterocycles. The SMILES string of the molecule is CC1(C)c2ccccc2-c2ccc(N(c3ccccc3)c3ccccc3-c3cccc4c3-c3ccccc3C43c4ccccc4-c4ccc(-c5ccccc5)cc43)cc21. The van der Waals surface area contributed by atoms with Gasteiger partial charge in [0.25, 0.3) is 0 Å². The van der Waals surface area contributed by atoms with Crippen LogP contribution in [0.15, 0.2) is 212 Å². The molecular formula is C58H41N. The second-order valence-corrected chi connectivity index (χ2v) is 16.8. The van der Waals surface area contributed by atoms with Crippen LogP contribution in [0.2, 0.25) is 0 Å². The Morgan fingerprint density at radius 1 is 0.305 bits per heavy atom. The van der Waals surface area contributed by atoms with Gasteiger partial charge < -0.3 is 4.90 Å². The Balaban J connectivity index is 1.10. The average molecular weight is 752 g/mol. The zero-order valence-corrected chi connectivity index (χ0v) is 33.2. The van der Waals surface area contributed by atoms with Crippen molar-refractivity contribution in [2.75, 3.05) is 4.90 Å². The van der Waals surface area contributed by atoms with Crippen LogP contribution < -0.4 is 4.90 Å². The molecule has 1 atom stereocenters. The third-order valence-electron chi connectivity index (χ3n) is 13.5. The Bertz CT molecular complexity index is 3140. The Labute approximate surface area is 346 Å². The molecule has 9 aromatic rings. The van der Waals surface area contributed by atoms with Gasteiger partial charge in [0.05, 0.1) is 11.1 Å². The van der Waals surface area contributed by atoms with Crippen LogP contribution in [0.1, 0.15) is 47.2 Å². The third-order valence-corrected chi connectivity index (χ3v) is 13.5. The fraction of sp³-hybridized carbons (Fsp3) is 0.0690. The number of fused-ring (bicyclic) bond motifs is 13. The predicted octanol–water partition coefficient (Wildman–Crippen LogP) is 15.1. The van der Waals surface area contributed by atoms with E-state index in [0.717, 1.165) is 17.1 Å². The van der Waals surface area contributed by atoms with Gasteiger partial charge in [0.1, 0.15) is 0 Å². The van der Waals surface area contributed by atoms with Crippen molar-refractivity contribution in [1.82, 2.24) is 0 Å². The first-order valence-corrected chi connectivity index (χ1v) is 20.8. The maximum absolute atomic E-state index is 2.47. The van der Waals surface area contributed by atoms with Gasteiger partial charge in [-0.2, -0.15) is 0 Å². The molecule has 0 saturated carbocycles. The van der Waals surface area contributed by atoms with Crippen molar-refractivity contribution in [2.45, 2.75) is 24.7 Å². The molecule has 12 rings (SSSR count). The molecule has 1 unspecified atom stereocenters. The second kappa shape index (κ2) is 12.6. The molecule has 0 radical (unpaired) electrons. The molecule has 0 amide bonds. The highest BCUT2D eigenvalue weighted by Gasteiger charge is 2.52. The van der Waals surface area contributed by atoms with Gasteiger partial charge in [-0.25, -0.2) is 0 Å². The van der Waals surface area contributed by atoms with E-state index >= 15 is 0 Å². The highest BCUT2D eigenvalue weighted by molar-refractivity contribution is 6.03. The Morgan fingerprint density at radius 3 is 1.59 bits per heavy atom. The van der Waals surface area contributed by atoms with Gasteiger partial charge in [-0.1, -0.05) is 190 Å². The smallest absolute Gasteiger partial charge is 0.0725 e. The van der Waals surface area contributed by atoms with Crippen LogP contribution in [0.25, 0.3) is 55.6 Å². The summed E-state index contributed by atoms with van der Waals surface area (Å²) in [6.45, 7) is 4.73. The molecular weight excluding hydrogens is 711 g/mol. The van der Waals surface area contributed by atoms with E-state index < -0.39 is 5.41 Å². The predicted molar refractivity (Wildman–Crippen MR) is 246 cm³/mol. The third kappa shape index (κ3) is 4.67. The van der Waals surface area contributed by atoms with E-state index in [1.54, 1.807) is 0 Å². The van der Waals surface area contributed by atoms with Gasteiger partial charge in [0.15, 0.2) is 0 Å². The van der Waals surface area contributed by atoms with Crippen molar-refractivity contribution in [3.8, 4) is 55.6 Å². The van der Waals surface area contributed by atoms with E-state index in [2.05, 4.69) is 231 Å². The molecule has 1 nitrogen and oxygen atoms in total. The maximum Gasteiger partial charge on any atom is 0.0725 e. The molecule has 0 fully saturated rings. The first-order chi connectivity index (χ1) is 29.0. The van der Waals surface area contributed by atoms with Crippen LogP contribution in [0.4, 0.5) is 17.1 Å². The van der Waals surface area contributed by atoms with Crippen LogP contribution in [-0.4, -0.2) is 0 Å². The van der Waals surface area contributed by atoms with E-state index in [9.17, 15) is 0 Å². The standard InChI is InChI=1S/C58H41N/c1-57(2)49-27-13-9-22-42(49)44-35-33-41(37-53(44)57)59(40-20-7-4-8-21-40)55-31-16-12-24-46(55)47-26-17-30-52-56(47)48-25-11-15-29-51(48)58(52)50-28-14-10-23-43(50)45-34-32-39(36-54(45)58)38-18-5-3-6-19-38/h3-37H,1-2H3. The number of anilines is 3. The fourth-order valence-corrected chi connectivity index (χ4v) is 11.0. The molecule has 59 heavy (non-hydrogen) atoms. The summed E-state index contributed by atoms with van der Waals surface area (Å²) in [4.78, 5) is 2.47. The van der Waals surface area contributed by atoms with Crippen molar-refractivity contribution < 1.29 is 0 Å². The van der Waals surface area contributed by atoms with Gasteiger partial charge >= 0.3 is 0 Å². The van der Waals surface area contributed by atoms with Crippen LogP contribution in [0, 0.1) is 0 Å². The summed E-state index contributed by atoms with van der Waals surface area (Å²) in [7, 11) is 0. The summed E-state index contributed by atoms with van der Waals surface area (Å²) >= 11 is 0. The Kier molecular flexibility index (Phi) is 7.26. The van der Waals surface area contributed by atoms with Crippen molar-refractivity contribution in [1.29, 1.82) is 0 Å². The average Bonchev–Trinajstić information content (AvgIpc) is 3.86. The van der Waals surface area contributed by atoms with Gasteiger partial charge in [-0.05, 0) is 120 Å². The van der Waals surface area contributed by atoms with Gasteiger partial charge in [0, 0.05) is 22.4 Å². The van der Waals surface area contributed by atoms with Crippen molar-refractivity contribution >= 4 is 17.1 Å². The molecule has 1 heteroatoms. The summed E-state index contributed by atoms with van der Waals surface area (Å²) < 4.78 is 0. The van der Waals surface area contributed by atoms with Gasteiger partial charge in [0.2, 0.25) is 0 Å². The normalized spacial score (nSPS) is 15.8. The van der Waals surface area contributed by atoms with Crippen LogP contribution in [-0.2, 0) is 10.8 Å². The maximum atomic E-state index is 2.47. The number of para-hydroxylation sites is 2. The monoisotopic (exact) mass is 751 g/mol. The first kappa shape index (κ1) is 33.9. The molecule has 278 valence electrons. The molecule has 0 saturated heterocycles. The van der Waals surface area contributed by atoms with Gasteiger partial charge in [-0.15, -0.1) is 0 Å². The van der Waals surface area contributed by atoms with Crippen molar-refractivity contribution in [2.24, 2.45) is 0 Å². The summed E-state index contributed by atoms with van der Waals surface area (Å²) in [5, 5.41) is 0. The number of nitrogens with zero attached hydrogens (tertiary/aromatic N) is 1. The van der Waals surface area contributed by atoms with E-state index in [1.807, 2.05) is 0 Å². The summed E-state index contributed by atoms with van der Waals surface area (Å²) in [6, 6.07) is 79.2. The van der Waals surface area contributed by atoms with Crippen molar-refractivity contribution in [3.63, 3.8) is 0 Å². The number of hydrogen-bond acceptors (Lipinski definition) is 1. The number of rotatable bonds is 5. The van der Waals surface area contributed by atoms with Crippen LogP contribution in [0.3, 0.4) is 0 Å². The lowest BCUT2D eigenvalue weighted by Gasteiger charge is -2.31. The van der Waals surface area contributed by atoms with Gasteiger partial charge in [-0.3, -0.25) is 0 Å². The zero-order valence-electron chi connectivity index (χ0n) is 33.2. The molecule has 0 bridgehead atoms. The quantitative estimate of drug-likeness (QED) is 0.169. The Hall–Kier alpha value is -7.22. The summed E-state index contributed by atoms with van der Waals surface area (Å²) in [6.07, 6.45) is 0. The molecule has 9 aromatic carbocycles. The zero-order chi connectivity index (χ0) is 39.3. The Morgan fingerprint density at radius 2 is 0.831 bits per heavy atom. The van der Waals surface area contributed by atoms with Crippen LogP contribution >= 0.6 is 0 Å². The minimum absolute atomic E-state index is 0.115. The van der Waals surface area contributed by atoms with Crippen molar-refractivity contribution in [3.05, 3.63) is 246 Å². The van der Waals surface area contributed by atoms with E-state index in [1.165, 1.54) is 89.0 Å². The second-order valence-electron chi connectivity index (χ2n) is 16.8. The lowest BCUT2D eigenvalue weighted by Crippen LogP contribution is -2.25. The number of hydrogen-bond donors (Lipinski definition) is 0. The molecule has 1 spiro atoms.